The van der Waals surface area contributed by atoms with E-state index in [0.717, 1.165) is 18.4 Å². The normalized spacial score (nSPS) is 11.6. The van der Waals surface area contributed by atoms with Crippen molar-refractivity contribution >= 4 is 11.9 Å². The van der Waals surface area contributed by atoms with E-state index in [1.54, 1.807) is 24.3 Å². The van der Waals surface area contributed by atoms with Crippen molar-refractivity contribution in [1.82, 2.24) is 0 Å². The smallest absolute Gasteiger partial charge is 0.290 e. The Labute approximate surface area is 145 Å². The SMILES string of the molecule is CC(C)CCc1ccccc1C(=O)OOC(=O)c1ccc2cc1OO2. The van der Waals surface area contributed by atoms with E-state index in [-0.39, 0.29) is 11.3 Å². The molecular formula is C19H18O6. The van der Waals surface area contributed by atoms with Gasteiger partial charge in [0.2, 0.25) is 0 Å². The lowest BCUT2D eigenvalue weighted by Gasteiger charge is -2.09. The summed E-state index contributed by atoms with van der Waals surface area (Å²) in [5, 5.41) is 0. The van der Waals surface area contributed by atoms with E-state index in [9.17, 15) is 9.59 Å². The first kappa shape index (κ1) is 16.8. The molecule has 0 N–H and O–H groups in total. The van der Waals surface area contributed by atoms with Gasteiger partial charge in [-0.2, -0.15) is 0 Å². The van der Waals surface area contributed by atoms with Crippen molar-refractivity contribution in [2.24, 2.45) is 5.92 Å². The molecule has 25 heavy (non-hydrogen) atoms. The van der Waals surface area contributed by atoms with E-state index in [1.165, 1.54) is 6.07 Å². The quantitative estimate of drug-likeness (QED) is 0.606. The molecule has 6 heteroatoms. The lowest BCUT2D eigenvalue weighted by Crippen LogP contribution is -2.14. The van der Waals surface area contributed by atoms with Crippen LogP contribution in [0.15, 0.2) is 42.5 Å². The van der Waals surface area contributed by atoms with Crippen molar-refractivity contribution < 1.29 is 29.1 Å². The van der Waals surface area contributed by atoms with Gasteiger partial charge in [0.1, 0.15) is 5.56 Å². The molecule has 0 amide bonds. The fourth-order valence-electron chi connectivity index (χ4n) is 2.43. The second kappa shape index (κ2) is 7.25. The van der Waals surface area contributed by atoms with Gasteiger partial charge in [-0.3, -0.25) is 9.78 Å². The van der Waals surface area contributed by atoms with Crippen LogP contribution >= 0.6 is 0 Å². The van der Waals surface area contributed by atoms with Gasteiger partial charge >= 0.3 is 11.9 Å². The Morgan fingerprint density at radius 2 is 1.68 bits per heavy atom. The molecule has 1 aliphatic rings. The lowest BCUT2D eigenvalue weighted by molar-refractivity contribution is -0.188. The number of hydrogen-bond acceptors (Lipinski definition) is 6. The molecule has 2 aromatic carbocycles. The Hall–Kier alpha value is -3.02. The van der Waals surface area contributed by atoms with Gasteiger partial charge in [0.15, 0.2) is 11.5 Å². The number of benzene rings is 2. The predicted molar refractivity (Wildman–Crippen MR) is 88.1 cm³/mol. The molecule has 0 spiro atoms. The molecule has 0 radical (unpaired) electrons. The fourth-order valence-corrected chi connectivity index (χ4v) is 2.43. The first-order valence-corrected chi connectivity index (χ1v) is 8.04. The largest absolute Gasteiger partial charge is 0.390 e. The molecule has 6 nitrogen and oxygen atoms in total. The lowest BCUT2D eigenvalue weighted by atomic mass is 9.99. The number of aryl methyl sites for hydroxylation is 1. The first-order chi connectivity index (χ1) is 12.0. The van der Waals surface area contributed by atoms with Gasteiger partial charge in [0.25, 0.3) is 0 Å². The van der Waals surface area contributed by atoms with Crippen LogP contribution in [0.25, 0.3) is 0 Å². The minimum absolute atomic E-state index is 0.113. The Kier molecular flexibility index (Phi) is 4.88. The van der Waals surface area contributed by atoms with E-state index < -0.39 is 11.9 Å². The summed E-state index contributed by atoms with van der Waals surface area (Å²) >= 11 is 0. The van der Waals surface area contributed by atoms with Gasteiger partial charge in [0, 0.05) is 6.07 Å². The second-order valence-corrected chi connectivity index (χ2v) is 6.16. The molecule has 0 aromatic heterocycles. The van der Waals surface area contributed by atoms with Crippen molar-refractivity contribution in [1.29, 1.82) is 0 Å². The molecular weight excluding hydrogens is 324 g/mol. The molecule has 2 aromatic rings. The summed E-state index contributed by atoms with van der Waals surface area (Å²) in [7, 11) is 0. The van der Waals surface area contributed by atoms with Crippen molar-refractivity contribution in [3.63, 3.8) is 0 Å². The summed E-state index contributed by atoms with van der Waals surface area (Å²) in [6.45, 7) is 4.23. The molecule has 1 heterocycles. The Bertz CT molecular complexity index is 796. The third-order valence-corrected chi connectivity index (χ3v) is 3.82. The van der Waals surface area contributed by atoms with Crippen LogP contribution in [0.4, 0.5) is 0 Å². The van der Waals surface area contributed by atoms with Crippen molar-refractivity contribution in [2.45, 2.75) is 26.7 Å². The van der Waals surface area contributed by atoms with Crippen molar-refractivity contribution in [2.75, 3.05) is 0 Å². The van der Waals surface area contributed by atoms with Crippen LogP contribution in [0.3, 0.4) is 0 Å². The summed E-state index contributed by atoms with van der Waals surface area (Å²) in [5.41, 5.74) is 1.36. The number of rotatable bonds is 5. The number of fused-ring (bicyclic) bond motifs is 2. The van der Waals surface area contributed by atoms with Gasteiger partial charge in [-0.1, -0.05) is 32.0 Å². The van der Waals surface area contributed by atoms with Gasteiger partial charge in [-0.25, -0.2) is 19.4 Å². The average Bonchev–Trinajstić information content (AvgIpc) is 2.98. The first-order valence-electron chi connectivity index (χ1n) is 8.04. The van der Waals surface area contributed by atoms with Crippen LogP contribution in [0, 0.1) is 5.92 Å². The topological polar surface area (TPSA) is 71.1 Å². The van der Waals surface area contributed by atoms with Crippen LogP contribution in [0.5, 0.6) is 11.5 Å². The van der Waals surface area contributed by atoms with Gasteiger partial charge < -0.3 is 0 Å². The summed E-state index contributed by atoms with van der Waals surface area (Å²) in [6.07, 6.45) is 1.69. The van der Waals surface area contributed by atoms with Crippen LogP contribution < -0.4 is 9.78 Å². The molecule has 2 bridgehead atoms. The maximum absolute atomic E-state index is 12.3. The molecule has 0 saturated carbocycles. The van der Waals surface area contributed by atoms with E-state index >= 15 is 0 Å². The third-order valence-electron chi connectivity index (χ3n) is 3.82. The third kappa shape index (κ3) is 3.91. The summed E-state index contributed by atoms with van der Waals surface area (Å²) in [6, 6.07) is 11.7. The van der Waals surface area contributed by atoms with Crippen LogP contribution in [0.2, 0.25) is 0 Å². The minimum Gasteiger partial charge on any atom is -0.290 e. The second-order valence-electron chi connectivity index (χ2n) is 6.16. The predicted octanol–water partition coefficient (Wildman–Crippen LogP) is 3.89. The average molecular weight is 342 g/mol. The van der Waals surface area contributed by atoms with E-state index in [0.29, 0.717) is 17.2 Å². The number of carbonyl (C=O) groups excluding carboxylic acids is 2. The highest BCUT2D eigenvalue weighted by atomic mass is 17.2. The van der Waals surface area contributed by atoms with Crippen molar-refractivity contribution in [3.8, 4) is 11.5 Å². The molecule has 0 fully saturated rings. The molecule has 0 aliphatic carbocycles. The van der Waals surface area contributed by atoms with E-state index in [1.807, 2.05) is 12.1 Å². The Balaban J connectivity index is 1.64. The minimum atomic E-state index is -0.833. The molecule has 1 aliphatic heterocycles. The Morgan fingerprint density at radius 1 is 0.960 bits per heavy atom. The molecule has 0 saturated heterocycles. The summed E-state index contributed by atoms with van der Waals surface area (Å²) in [4.78, 5) is 43.4. The van der Waals surface area contributed by atoms with Gasteiger partial charge in [-0.15, -0.1) is 0 Å². The zero-order chi connectivity index (χ0) is 17.8. The highest BCUT2D eigenvalue weighted by Gasteiger charge is 2.24. The highest BCUT2D eigenvalue weighted by Crippen LogP contribution is 2.31. The molecule has 130 valence electrons. The van der Waals surface area contributed by atoms with E-state index in [4.69, 9.17) is 14.7 Å². The van der Waals surface area contributed by atoms with Crippen molar-refractivity contribution in [3.05, 3.63) is 59.2 Å². The summed E-state index contributed by atoms with van der Waals surface area (Å²) in [5.74, 6) is -0.323. The number of carbonyl (C=O) groups is 2. The van der Waals surface area contributed by atoms with Gasteiger partial charge in [-0.05, 0) is 42.5 Å². The maximum atomic E-state index is 12.3. The van der Waals surface area contributed by atoms with Crippen LogP contribution in [-0.2, 0) is 16.2 Å². The molecule has 0 unspecified atom stereocenters. The Morgan fingerprint density at radius 3 is 2.44 bits per heavy atom. The van der Waals surface area contributed by atoms with E-state index in [2.05, 4.69) is 18.7 Å². The van der Waals surface area contributed by atoms with Crippen LogP contribution in [-0.4, -0.2) is 11.9 Å². The standard InChI is InChI=1S/C19H18O6/c1-12(2)7-8-13-5-3-4-6-15(13)18(20)24-25-19(21)16-10-9-14-11-17(16)23-22-14/h3-6,9-12H,7-8H2,1-2H3. The molecule has 0 atom stereocenters. The maximum Gasteiger partial charge on any atom is 0.390 e. The summed E-state index contributed by atoms with van der Waals surface area (Å²) < 4.78 is 0. The zero-order valence-electron chi connectivity index (χ0n) is 14.0. The highest BCUT2D eigenvalue weighted by molar-refractivity contribution is 5.95. The van der Waals surface area contributed by atoms with Crippen LogP contribution in [0.1, 0.15) is 46.5 Å². The van der Waals surface area contributed by atoms with Gasteiger partial charge in [0.05, 0.1) is 5.56 Å². The monoisotopic (exact) mass is 342 g/mol. The number of hydrogen-bond donors (Lipinski definition) is 0. The fraction of sp³-hybridized carbons (Fsp3) is 0.263. The zero-order valence-corrected chi connectivity index (χ0v) is 14.0. The molecule has 3 rings (SSSR count).